The van der Waals surface area contributed by atoms with Crippen molar-refractivity contribution in [2.24, 2.45) is 0 Å². The van der Waals surface area contributed by atoms with Crippen LogP contribution >= 0.6 is 0 Å². The van der Waals surface area contributed by atoms with Crippen LogP contribution in [-0.2, 0) is 0 Å². The summed E-state index contributed by atoms with van der Waals surface area (Å²) >= 11 is 0. The van der Waals surface area contributed by atoms with E-state index in [2.05, 4.69) is 10.7 Å². The molecule has 0 bridgehead atoms. The van der Waals surface area contributed by atoms with Gasteiger partial charge in [0.25, 0.3) is 0 Å². The smallest absolute Gasteiger partial charge is 0.419 e. The maximum atomic E-state index is 10.2. The van der Waals surface area contributed by atoms with Gasteiger partial charge in [-0.2, -0.15) is 0 Å². The first-order chi connectivity index (χ1) is 5.20. The standard InChI is InChI=1S/C6H13N3O2/c1-5-4-7-2-3-9(5)8-6(10)11/h5,7-8H,2-4H2,1H3,(H,10,11). The van der Waals surface area contributed by atoms with Crippen molar-refractivity contribution >= 4 is 6.09 Å². The van der Waals surface area contributed by atoms with Gasteiger partial charge < -0.3 is 10.4 Å². The average Bonchev–Trinajstić information content (AvgIpc) is 1.93. The number of carbonyl (C=O) groups is 1. The second-order valence-corrected chi connectivity index (χ2v) is 2.66. The zero-order chi connectivity index (χ0) is 8.27. The first-order valence-electron chi connectivity index (χ1n) is 3.67. The third kappa shape index (κ3) is 2.36. The summed E-state index contributed by atoms with van der Waals surface area (Å²) in [6, 6.07) is 0.236. The van der Waals surface area contributed by atoms with Crippen LogP contribution in [0.15, 0.2) is 0 Å². The van der Waals surface area contributed by atoms with Crippen molar-refractivity contribution in [1.29, 1.82) is 0 Å². The Bertz CT molecular complexity index is 151. The van der Waals surface area contributed by atoms with Crippen molar-refractivity contribution in [3.05, 3.63) is 0 Å². The van der Waals surface area contributed by atoms with Crippen LogP contribution in [0.3, 0.4) is 0 Å². The highest BCUT2D eigenvalue weighted by Crippen LogP contribution is 1.96. The lowest BCUT2D eigenvalue weighted by molar-refractivity contribution is 0.0954. The molecular weight excluding hydrogens is 146 g/mol. The lowest BCUT2D eigenvalue weighted by Gasteiger charge is -2.32. The second-order valence-electron chi connectivity index (χ2n) is 2.66. The fraction of sp³-hybridized carbons (Fsp3) is 0.833. The van der Waals surface area contributed by atoms with Crippen LogP contribution in [0.1, 0.15) is 6.92 Å². The molecule has 1 heterocycles. The third-order valence-electron chi connectivity index (χ3n) is 1.74. The molecule has 11 heavy (non-hydrogen) atoms. The van der Waals surface area contributed by atoms with Crippen molar-refractivity contribution in [1.82, 2.24) is 15.8 Å². The third-order valence-corrected chi connectivity index (χ3v) is 1.74. The van der Waals surface area contributed by atoms with E-state index < -0.39 is 6.09 Å². The van der Waals surface area contributed by atoms with Crippen LogP contribution in [0.4, 0.5) is 4.79 Å². The van der Waals surface area contributed by atoms with Gasteiger partial charge in [-0.05, 0) is 6.92 Å². The van der Waals surface area contributed by atoms with Gasteiger partial charge in [0, 0.05) is 25.7 Å². The predicted octanol–water partition coefficient (Wildman–Crippen LogP) is -0.537. The Morgan fingerprint density at radius 1 is 1.82 bits per heavy atom. The highest BCUT2D eigenvalue weighted by Gasteiger charge is 2.18. The summed E-state index contributed by atoms with van der Waals surface area (Å²) in [4.78, 5) is 10.2. The van der Waals surface area contributed by atoms with Crippen LogP contribution in [0.5, 0.6) is 0 Å². The summed E-state index contributed by atoms with van der Waals surface area (Å²) in [5, 5.41) is 13.3. The molecule has 0 aromatic heterocycles. The van der Waals surface area contributed by atoms with Crippen molar-refractivity contribution in [3.63, 3.8) is 0 Å². The van der Waals surface area contributed by atoms with Gasteiger partial charge >= 0.3 is 6.09 Å². The zero-order valence-corrected chi connectivity index (χ0v) is 6.50. The Morgan fingerprint density at radius 2 is 2.55 bits per heavy atom. The van der Waals surface area contributed by atoms with E-state index in [-0.39, 0.29) is 6.04 Å². The van der Waals surface area contributed by atoms with Gasteiger partial charge in [0.2, 0.25) is 0 Å². The number of carboxylic acid groups (broad SMARTS) is 1. The molecule has 0 aromatic carbocycles. The summed E-state index contributed by atoms with van der Waals surface area (Å²) in [5.41, 5.74) is 2.34. The van der Waals surface area contributed by atoms with Gasteiger partial charge in [-0.3, -0.25) is 5.43 Å². The summed E-state index contributed by atoms with van der Waals surface area (Å²) < 4.78 is 0. The van der Waals surface area contributed by atoms with E-state index in [0.29, 0.717) is 0 Å². The monoisotopic (exact) mass is 159 g/mol. The normalized spacial score (nSPS) is 26.5. The summed E-state index contributed by atoms with van der Waals surface area (Å²) in [6.45, 7) is 4.38. The number of rotatable bonds is 1. The molecule has 1 rings (SSSR count). The zero-order valence-electron chi connectivity index (χ0n) is 6.50. The van der Waals surface area contributed by atoms with Crippen molar-refractivity contribution in [2.75, 3.05) is 19.6 Å². The van der Waals surface area contributed by atoms with Gasteiger partial charge in [0.15, 0.2) is 0 Å². The number of amides is 1. The van der Waals surface area contributed by atoms with Crippen LogP contribution in [0, 0.1) is 0 Å². The molecule has 0 spiro atoms. The molecule has 5 nitrogen and oxygen atoms in total. The van der Waals surface area contributed by atoms with Crippen LogP contribution in [0.2, 0.25) is 0 Å². The Labute approximate surface area is 65.3 Å². The highest BCUT2D eigenvalue weighted by molar-refractivity contribution is 5.63. The SMILES string of the molecule is CC1CNCCN1NC(=O)O. The molecule has 0 saturated carbocycles. The summed E-state index contributed by atoms with van der Waals surface area (Å²) in [7, 11) is 0. The molecule has 3 N–H and O–H groups in total. The van der Waals surface area contributed by atoms with E-state index >= 15 is 0 Å². The molecule has 1 aliphatic heterocycles. The number of nitrogens with zero attached hydrogens (tertiary/aromatic N) is 1. The maximum absolute atomic E-state index is 10.2. The van der Waals surface area contributed by atoms with E-state index in [1.165, 1.54) is 0 Å². The minimum Gasteiger partial charge on any atom is -0.464 e. The van der Waals surface area contributed by atoms with E-state index in [1.807, 2.05) is 6.92 Å². The maximum Gasteiger partial charge on any atom is 0.419 e. The fourth-order valence-electron chi connectivity index (χ4n) is 1.13. The molecule has 0 aliphatic carbocycles. The van der Waals surface area contributed by atoms with Gasteiger partial charge in [0.1, 0.15) is 0 Å². The Morgan fingerprint density at radius 3 is 3.09 bits per heavy atom. The van der Waals surface area contributed by atoms with Gasteiger partial charge in [-0.1, -0.05) is 0 Å². The van der Waals surface area contributed by atoms with Crippen LogP contribution < -0.4 is 10.7 Å². The Kier molecular flexibility index (Phi) is 2.67. The Balaban J connectivity index is 2.35. The van der Waals surface area contributed by atoms with E-state index in [0.717, 1.165) is 19.6 Å². The number of nitrogens with one attached hydrogen (secondary N) is 2. The quantitative estimate of drug-likeness (QED) is 0.481. The Hall–Kier alpha value is -0.810. The van der Waals surface area contributed by atoms with Crippen molar-refractivity contribution in [3.8, 4) is 0 Å². The second kappa shape index (κ2) is 3.54. The number of hydrogen-bond donors (Lipinski definition) is 3. The minimum atomic E-state index is -0.987. The molecule has 5 heteroatoms. The average molecular weight is 159 g/mol. The lowest BCUT2D eigenvalue weighted by atomic mass is 10.2. The summed E-state index contributed by atoms with van der Waals surface area (Å²) in [5.74, 6) is 0. The molecule has 64 valence electrons. The minimum absolute atomic E-state index is 0.236. The first kappa shape index (κ1) is 8.29. The number of hydrogen-bond acceptors (Lipinski definition) is 3. The van der Waals surface area contributed by atoms with E-state index in [4.69, 9.17) is 5.11 Å². The van der Waals surface area contributed by atoms with E-state index in [1.54, 1.807) is 5.01 Å². The van der Waals surface area contributed by atoms with Crippen LogP contribution in [0.25, 0.3) is 0 Å². The fourth-order valence-corrected chi connectivity index (χ4v) is 1.13. The number of piperazine rings is 1. The lowest BCUT2D eigenvalue weighted by Crippen LogP contribution is -2.56. The molecule has 0 aromatic rings. The largest absolute Gasteiger partial charge is 0.464 e. The van der Waals surface area contributed by atoms with Crippen LogP contribution in [-0.4, -0.2) is 41.9 Å². The molecule has 1 unspecified atom stereocenters. The first-order valence-corrected chi connectivity index (χ1v) is 3.67. The topological polar surface area (TPSA) is 64.6 Å². The molecule has 0 radical (unpaired) electrons. The molecule has 1 atom stereocenters. The van der Waals surface area contributed by atoms with Gasteiger partial charge in [0.05, 0.1) is 0 Å². The van der Waals surface area contributed by atoms with Crippen molar-refractivity contribution < 1.29 is 9.90 Å². The number of hydrazine groups is 1. The predicted molar refractivity (Wildman–Crippen MR) is 40.2 cm³/mol. The van der Waals surface area contributed by atoms with Gasteiger partial charge in [-0.25, -0.2) is 9.80 Å². The molecule has 1 aliphatic rings. The molecule has 1 amide bonds. The molecule has 1 saturated heterocycles. The molecule has 1 fully saturated rings. The summed E-state index contributed by atoms with van der Waals surface area (Å²) in [6.07, 6.45) is -0.987. The van der Waals surface area contributed by atoms with Gasteiger partial charge in [-0.15, -0.1) is 0 Å². The highest BCUT2D eigenvalue weighted by atomic mass is 16.4. The van der Waals surface area contributed by atoms with Crippen molar-refractivity contribution in [2.45, 2.75) is 13.0 Å². The molecular formula is C6H13N3O2. The van der Waals surface area contributed by atoms with E-state index in [9.17, 15) is 4.79 Å².